The van der Waals surface area contributed by atoms with Crippen molar-refractivity contribution in [2.24, 2.45) is 5.73 Å². The van der Waals surface area contributed by atoms with Crippen molar-refractivity contribution in [3.05, 3.63) is 39.4 Å². The van der Waals surface area contributed by atoms with E-state index in [1.54, 1.807) is 19.1 Å². The molecule has 1 unspecified atom stereocenters. The highest BCUT2D eigenvalue weighted by Gasteiger charge is 2.23. The van der Waals surface area contributed by atoms with Crippen molar-refractivity contribution in [3.63, 3.8) is 0 Å². The number of nitrogens with zero attached hydrogens (tertiary/aromatic N) is 1. The summed E-state index contributed by atoms with van der Waals surface area (Å²) >= 11 is 0. The van der Waals surface area contributed by atoms with E-state index in [0.29, 0.717) is 12.1 Å². The third-order valence-electron chi connectivity index (χ3n) is 3.19. The number of hydrogen-bond acceptors (Lipinski definition) is 4. The molecule has 6 nitrogen and oxygen atoms in total. The minimum atomic E-state index is -0.520. The molecular weight excluding hydrogens is 294 g/mol. The van der Waals surface area contributed by atoms with Gasteiger partial charge in [0.2, 0.25) is 0 Å². The molecule has 0 heterocycles. The lowest BCUT2D eigenvalue weighted by molar-refractivity contribution is -0.385. The van der Waals surface area contributed by atoms with Crippen LogP contribution < -0.4 is 11.1 Å². The molecule has 0 radical (unpaired) electrons. The summed E-state index contributed by atoms with van der Waals surface area (Å²) in [7, 11) is 0. The fourth-order valence-electron chi connectivity index (χ4n) is 2.05. The molecule has 0 fully saturated rings. The van der Waals surface area contributed by atoms with Crippen molar-refractivity contribution >= 4 is 24.0 Å². The Labute approximate surface area is 130 Å². The van der Waals surface area contributed by atoms with E-state index in [4.69, 9.17) is 5.73 Å². The van der Waals surface area contributed by atoms with Crippen LogP contribution in [0, 0.1) is 17.0 Å². The molecule has 0 bridgehead atoms. The van der Waals surface area contributed by atoms with Crippen LogP contribution >= 0.6 is 12.4 Å². The molecule has 1 rings (SSSR count). The number of halogens is 1. The number of nitro groups is 1. The van der Waals surface area contributed by atoms with Crippen LogP contribution in [0.5, 0.6) is 0 Å². The van der Waals surface area contributed by atoms with Gasteiger partial charge in [-0.05, 0) is 19.4 Å². The number of carbonyl (C=O) groups is 1. The summed E-state index contributed by atoms with van der Waals surface area (Å²) in [6, 6.07) is 4.57. The predicted molar refractivity (Wildman–Crippen MR) is 84.9 cm³/mol. The summed E-state index contributed by atoms with van der Waals surface area (Å²) in [5.41, 5.74) is 6.04. The first-order valence-electron chi connectivity index (χ1n) is 6.76. The number of hydrogen-bond donors (Lipinski definition) is 2. The van der Waals surface area contributed by atoms with E-state index in [0.717, 1.165) is 19.3 Å². The van der Waals surface area contributed by atoms with Crippen LogP contribution in [0.15, 0.2) is 18.2 Å². The summed E-state index contributed by atoms with van der Waals surface area (Å²) < 4.78 is 0. The number of nitrogens with two attached hydrogens (primary N) is 1. The van der Waals surface area contributed by atoms with Crippen LogP contribution in [0.4, 0.5) is 5.69 Å². The first kappa shape index (κ1) is 19.3. The Balaban J connectivity index is 0.00000400. The van der Waals surface area contributed by atoms with E-state index in [-0.39, 0.29) is 29.7 Å². The van der Waals surface area contributed by atoms with Gasteiger partial charge in [0.05, 0.1) is 4.92 Å². The smallest absolute Gasteiger partial charge is 0.285 e. The fraction of sp³-hybridized carbons (Fsp3) is 0.500. The molecular formula is C14H22ClN3O3. The van der Waals surface area contributed by atoms with Crippen LogP contribution in [0.2, 0.25) is 0 Å². The van der Waals surface area contributed by atoms with Crippen LogP contribution in [0.3, 0.4) is 0 Å². The van der Waals surface area contributed by atoms with E-state index in [1.165, 1.54) is 6.07 Å². The lowest BCUT2D eigenvalue weighted by Gasteiger charge is -2.16. The number of aryl methyl sites for hydroxylation is 1. The maximum atomic E-state index is 12.2. The SMILES string of the molecule is CCCCC(CN)NC(=O)c1cccc(C)c1[N+](=O)[O-].Cl. The molecule has 0 aliphatic heterocycles. The van der Waals surface area contributed by atoms with Crippen LogP contribution in [-0.4, -0.2) is 23.4 Å². The van der Waals surface area contributed by atoms with Gasteiger partial charge in [-0.15, -0.1) is 12.4 Å². The van der Waals surface area contributed by atoms with Gasteiger partial charge in [0.1, 0.15) is 5.56 Å². The minimum Gasteiger partial charge on any atom is -0.348 e. The van der Waals surface area contributed by atoms with Gasteiger partial charge in [0.15, 0.2) is 0 Å². The van der Waals surface area contributed by atoms with Crippen molar-refractivity contribution in [2.75, 3.05) is 6.54 Å². The molecule has 1 amide bonds. The zero-order valence-electron chi connectivity index (χ0n) is 12.3. The Kier molecular flexibility index (Phi) is 8.57. The highest BCUT2D eigenvalue weighted by Crippen LogP contribution is 2.23. The van der Waals surface area contributed by atoms with Crippen molar-refractivity contribution < 1.29 is 9.72 Å². The summed E-state index contributed by atoms with van der Waals surface area (Å²) in [5, 5.41) is 13.8. The van der Waals surface area contributed by atoms with Gasteiger partial charge in [0, 0.05) is 18.2 Å². The Bertz CT molecular complexity index is 494. The first-order chi connectivity index (χ1) is 9.51. The van der Waals surface area contributed by atoms with Crippen LogP contribution in [0.1, 0.15) is 42.1 Å². The van der Waals surface area contributed by atoms with Gasteiger partial charge in [-0.2, -0.15) is 0 Å². The van der Waals surface area contributed by atoms with Gasteiger partial charge >= 0.3 is 0 Å². The average molecular weight is 316 g/mol. The van der Waals surface area contributed by atoms with E-state index in [2.05, 4.69) is 12.2 Å². The number of unbranched alkanes of at least 4 members (excludes halogenated alkanes) is 1. The van der Waals surface area contributed by atoms with Crippen molar-refractivity contribution in [1.82, 2.24) is 5.32 Å². The Morgan fingerprint density at radius 1 is 1.48 bits per heavy atom. The third-order valence-corrected chi connectivity index (χ3v) is 3.19. The summed E-state index contributed by atoms with van der Waals surface area (Å²) in [5.74, 6) is -0.438. The molecule has 1 aromatic rings. The van der Waals surface area contributed by atoms with E-state index < -0.39 is 10.8 Å². The van der Waals surface area contributed by atoms with Gasteiger partial charge in [-0.1, -0.05) is 31.9 Å². The second-order valence-corrected chi connectivity index (χ2v) is 4.78. The zero-order chi connectivity index (χ0) is 15.1. The zero-order valence-corrected chi connectivity index (χ0v) is 13.1. The maximum absolute atomic E-state index is 12.2. The number of nitrogens with one attached hydrogen (secondary N) is 1. The van der Waals surface area contributed by atoms with Crippen LogP contribution in [-0.2, 0) is 0 Å². The molecule has 3 N–H and O–H groups in total. The molecule has 21 heavy (non-hydrogen) atoms. The summed E-state index contributed by atoms with van der Waals surface area (Å²) in [4.78, 5) is 22.7. The van der Waals surface area contributed by atoms with E-state index in [1.807, 2.05) is 0 Å². The van der Waals surface area contributed by atoms with Gasteiger partial charge in [-0.3, -0.25) is 14.9 Å². The number of para-hydroxylation sites is 1. The summed E-state index contributed by atoms with van der Waals surface area (Å²) in [6.45, 7) is 4.00. The molecule has 1 aromatic carbocycles. The Morgan fingerprint density at radius 3 is 2.67 bits per heavy atom. The number of carbonyl (C=O) groups excluding carboxylic acids is 1. The lowest BCUT2D eigenvalue weighted by Crippen LogP contribution is -2.40. The van der Waals surface area contributed by atoms with Gasteiger partial charge in [-0.25, -0.2) is 0 Å². The molecule has 1 atom stereocenters. The Hall–Kier alpha value is -1.66. The van der Waals surface area contributed by atoms with Gasteiger partial charge in [0.25, 0.3) is 11.6 Å². The lowest BCUT2D eigenvalue weighted by atomic mass is 10.1. The van der Waals surface area contributed by atoms with Crippen molar-refractivity contribution in [1.29, 1.82) is 0 Å². The number of rotatable bonds is 7. The average Bonchev–Trinajstić information content (AvgIpc) is 2.42. The van der Waals surface area contributed by atoms with E-state index in [9.17, 15) is 14.9 Å². The topological polar surface area (TPSA) is 98.3 Å². The molecule has 7 heteroatoms. The second kappa shape index (κ2) is 9.31. The molecule has 0 aromatic heterocycles. The normalized spacial score (nSPS) is 11.4. The molecule has 0 aliphatic rings. The monoisotopic (exact) mass is 315 g/mol. The maximum Gasteiger partial charge on any atom is 0.285 e. The first-order valence-corrected chi connectivity index (χ1v) is 6.76. The molecule has 0 saturated heterocycles. The largest absolute Gasteiger partial charge is 0.348 e. The highest BCUT2D eigenvalue weighted by atomic mass is 35.5. The highest BCUT2D eigenvalue weighted by molar-refractivity contribution is 5.98. The molecule has 0 spiro atoms. The second-order valence-electron chi connectivity index (χ2n) is 4.78. The number of amides is 1. The number of benzene rings is 1. The Morgan fingerprint density at radius 2 is 2.14 bits per heavy atom. The van der Waals surface area contributed by atoms with Crippen molar-refractivity contribution in [3.8, 4) is 0 Å². The quantitative estimate of drug-likeness (QED) is 0.596. The molecule has 0 saturated carbocycles. The van der Waals surface area contributed by atoms with Crippen LogP contribution in [0.25, 0.3) is 0 Å². The van der Waals surface area contributed by atoms with Crippen molar-refractivity contribution in [2.45, 2.75) is 39.2 Å². The molecule has 0 aliphatic carbocycles. The number of nitro benzene ring substituents is 1. The summed E-state index contributed by atoms with van der Waals surface area (Å²) in [6.07, 6.45) is 2.74. The fourth-order valence-corrected chi connectivity index (χ4v) is 2.05. The van der Waals surface area contributed by atoms with Gasteiger partial charge < -0.3 is 11.1 Å². The predicted octanol–water partition coefficient (Wildman–Crippen LogP) is 2.57. The van der Waals surface area contributed by atoms with E-state index >= 15 is 0 Å². The third kappa shape index (κ3) is 5.32. The molecule has 118 valence electrons. The minimum absolute atomic E-state index is 0. The standard InChI is InChI=1S/C14H21N3O3.ClH/c1-3-4-7-11(9-15)16-14(18)12-8-5-6-10(2)13(12)17(19)20;/h5-6,8,11H,3-4,7,9,15H2,1-2H3,(H,16,18);1H.